The summed E-state index contributed by atoms with van der Waals surface area (Å²) in [6.07, 6.45) is 5.49. The van der Waals surface area contributed by atoms with Gasteiger partial charge in [-0.2, -0.15) is 4.31 Å². The molecule has 2 aliphatic rings. The number of hydrogen-bond acceptors (Lipinski definition) is 5. The van der Waals surface area contributed by atoms with Crippen LogP contribution in [0, 0.1) is 0 Å². The van der Waals surface area contributed by atoms with E-state index in [1.165, 1.54) is 16.4 Å². The minimum absolute atomic E-state index is 0.134. The van der Waals surface area contributed by atoms with Crippen molar-refractivity contribution in [3.63, 3.8) is 0 Å². The zero-order valence-corrected chi connectivity index (χ0v) is 16.6. The molecular formula is C19H28N2O5S. The summed E-state index contributed by atoms with van der Waals surface area (Å²) in [5.41, 5.74) is 0. The molecule has 3 rings (SSSR count). The van der Waals surface area contributed by atoms with Crippen LogP contribution in [0.25, 0.3) is 0 Å². The third-order valence-corrected chi connectivity index (χ3v) is 6.86. The van der Waals surface area contributed by atoms with Gasteiger partial charge in [0.15, 0.2) is 11.5 Å². The summed E-state index contributed by atoms with van der Waals surface area (Å²) in [4.78, 5) is 12.7. The van der Waals surface area contributed by atoms with Crippen LogP contribution in [0.4, 0.5) is 0 Å². The van der Waals surface area contributed by atoms with Crippen molar-refractivity contribution in [3.8, 4) is 11.5 Å². The van der Waals surface area contributed by atoms with Crippen molar-refractivity contribution >= 4 is 15.9 Å². The Kier molecular flexibility index (Phi) is 6.59. The molecule has 1 atom stereocenters. The van der Waals surface area contributed by atoms with E-state index in [2.05, 4.69) is 12.2 Å². The number of benzene rings is 1. The van der Waals surface area contributed by atoms with Crippen LogP contribution in [0.3, 0.4) is 0 Å². The first-order valence-electron chi connectivity index (χ1n) is 9.73. The van der Waals surface area contributed by atoms with Gasteiger partial charge in [0.05, 0.1) is 4.90 Å². The minimum Gasteiger partial charge on any atom is -0.486 e. The topological polar surface area (TPSA) is 84.9 Å². The number of ether oxygens (including phenoxy) is 2. The highest BCUT2D eigenvalue weighted by Gasteiger charge is 2.39. The molecule has 2 heterocycles. The lowest BCUT2D eigenvalue weighted by molar-refractivity contribution is -0.124. The maximum absolute atomic E-state index is 13.1. The van der Waals surface area contributed by atoms with E-state index in [-0.39, 0.29) is 10.8 Å². The van der Waals surface area contributed by atoms with Crippen molar-refractivity contribution in [2.24, 2.45) is 0 Å². The number of carbonyl (C=O) groups is 1. The molecule has 1 amide bonds. The summed E-state index contributed by atoms with van der Waals surface area (Å²) in [6.45, 7) is 3.92. The summed E-state index contributed by atoms with van der Waals surface area (Å²) < 4.78 is 38.5. The van der Waals surface area contributed by atoms with E-state index in [4.69, 9.17) is 9.47 Å². The quantitative estimate of drug-likeness (QED) is 0.682. The van der Waals surface area contributed by atoms with E-state index in [1.54, 1.807) is 6.07 Å². The maximum atomic E-state index is 13.1. The number of nitrogens with one attached hydrogen (secondary N) is 1. The van der Waals surface area contributed by atoms with E-state index in [0.29, 0.717) is 50.6 Å². The SMILES string of the molecule is CCCCCCNC(=O)[C@H]1CCCN1S(=O)(=O)c1ccc2c(c1)OCCO2. The van der Waals surface area contributed by atoms with Crippen molar-refractivity contribution in [1.29, 1.82) is 0 Å². The summed E-state index contributed by atoms with van der Waals surface area (Å²) in [7, 11) is -3.77. The predicted octanol–water partition coefficient (Wildman–Crippen LogP) is 2.31. The summed E-state index contributed by atoms with van der Waals surface area (Å²) in [6, 6.07) is 3.97. The number of amides is 1. The van der Waals surface area contributed by atoms with Gasteiger partial charge in [-0.3, -0.25) is 4.79 Å². The molecular weight excluding hydrogens is 368 g/mol. The van der Waals surface area contributed by atoms with Gasteiger partial charge in [-0.25, -0.2) is 8.42 Å². The highest BCUT2D eigenvalue weighted by Crippen LogP contribution is 2.34. The molecule has 1 fully saturated rings. The number of unbranched alkanes of at least 4 members (excludes halogenated alkanes) is 3. The number of sulfonamides is 1. The average Bonchev–Trinajstić information content (AvgIpc) is 3.18. The molecule has 1 N–H and O–H groups in total. The van der Waals surface area contributed by atoms with Gasteiger partial charge in [-0.15, -0.1) is 0 Å². The second-order valence-electron chi connectivity index (χ2n) is 6.93. The molecule has 0 unspecified atom stereocenters. The fraction of sp³-hybridized carbons (Fsp3) is 0.632. The molecule has 0 radical (unpaired) electrons. The average molecular weight is 397 g/mol. The summed E-state index contributed by atoms with van der Waals surface area (Å²) in [5.74, 6) is 0.770. The van der Waals surface area contributed by atoms with Crippen LogP contribution in [0.15, 0.2) is 23.1 Å². The van der Waals surface area contributed by atoms with Gasteiger partial charge in [-0.05, 0) is 31.4 Å². The molecule has 0 saturated carbocycles. The van der Waals surface area contributed by atoms with Crippen LogP contribution in [-0.4, -0.2) is 51.0 Å². The second-order valence-corrected chi connectivity index (χ2v) is 8.82. The molecule has 1 aromatic rings. The van der Waals surface area contributed by atoms with Gasteiger partial charge in [0.2, 0.25) is 15.9 Å². The van der Waals surface area contributed by atoms with E-state index < -0.39 is 16.1 Å². The van der Waals surface area contributed by atoms with Gasteiger partial charge < -0.3 is 14.8 Å². The monoisotopic (exact) mass is 396 g/mol. The number of rotatable bonds is 8. The Morgan fingerprint density at radius 1 is 1.19 bits per heavy atom. The van der Waals surface area contributed by atoms with Crippen LogP contribution in [0.1, 0.15) is 45.4 Å². The Hall–Kier alpha value is -1.80. The lowest BCUT2D eigenvalue weighted by Gasteiger charge is -2.24. The normalized spacial score (nSPS) is 19.8. The van der Waals surface area contributed by atoms with E-state index >= 15 is 0 Å². The first kappa shape index (κ1) is 19.9. The Labute approximate surface area is 161 Å². The molecule has 0 aromatic heterocycles. The Bertz CT molecular complexity index is 765. The number of nitrogens with zero attached hydrogens (tertiary/aromatic N) is 1. The number of carbonyl (C=O) groups excluding carboxylic acids is 1. The predicted molar refractivity (Wildman–Crippen MR) is 101 cm³/mol. The van der Waals surface area contributed by atoms with Gasteiger partial charge in [0.25, 0.3) is 0 Å². The third kappa shape index (κ3) is 4.55. The molecule has 7 nitrogen and oxygen atoms in total. The van der Waals surface area contributed by atoms with Crippen molar-refractivity contribution in [1.82, 2.24) is 9.62 Å². The van der Waals surface area contributed by atoms with Crippen LogP contribution in [0.5, 0.6) is 11.5 Å². The van der Waals surface area contributed by atoms with Gasteiger partial charge in [0, 0.05) is 19.2 Å². The van der Waals surface area contributed by atoms with E-state index in [9.17, 15) is 13.2 Å². The first-order valence-corrected chi connectivity index (χ1v) is 11.2. The van der Waals surface area contributed by atoms with Gasteiger partial charge >= 0.3 is 0 Å². The first-order chi connectivity index (χ1) is 13.0. The maximum Gasteiger partial charge on any atom is 0.243 e. The van der Waals surface area contributed by atoms with Gasteiger partial charge in [-0.1, -0.05) is 26.2 Å². The smallest absolute Gasteiger partial charge is 0.243 e. The van der Waals surface area contributed by atoms with E-state index in [0.717, 1.165) is 25.7 Å². The molecule has 150 valence electrons. The largest absolute Gasteiger partial charge is 0.486 e. The minimum atomic E-state index is -3.77. The number of hydrogen-bond donors (Lipinski definition) is 1. The second kappa shape index (κ2) is 8.93. The summed E-state index contributed by atoms with van der Waals surface area (Å²) in [5, 5.41) is 2.90. The summed E-state index contributed by atoms with van der Waals surface area (Å²) >= 11 is 0. The molecule has 0 aliphatic carbocycles. The highest BCUT2D eigenvalue weighted by molar-refractivity contribution is 7.89. The Balaban J connectivity index is 1.68. The Morgan fingerprint density at radius 3 is 2.74 bits per heavy atom. The standard InChI is InChI=1S/C19H28N2O5S/c1-2-3-4-5-10-20-19(22)16-7-6-11-21(16)27(23,24)15-8-9-17-18(14-15)26-13-12-25-17/h8-9,14,16H,2-7,10-13H2,1H3,(H,20,22)/t16-/m1/s1. The van der Waals surface area contributed by atoms with Crippen LogP contribution >= 0.6 is 0 Å². The molecule has 1 aromatic carbocycles. The zero-order valence-electron chi connectivity index (χ0n) is 15.8. The van der Waals surface area contributed by atoms with Crippen molar-refractivity contribution in [2.75, 3.05) is 26.3 Å². The number of fused-ring (bicyclic) bond motifs is 1. The third-order valence-electron chi connectivity index (χ3n) is 4.96. The van der Waals surface area contributed by atoms with Crippen LogP contribution < -0.4 is 14.8 Å². The zero-order chi connectivity index (χ0) is 19.3. The molecule has 2 aliphatic heterocycles. The molecule has 1 saturated heterocycles. The van der Waals surface area contributed by atoms with Gasteiger partial charge in [0.1, 0.15) is 19.3 Å². The molecule has 0 bridgehead atoms. The Morgan fingerprint density at radius 2 is 1.96 bits per heavy atom. The van der Waals surface area contributed by atoms with Crippen molar-refractivity contribution in [3.05, 3.63) is 18.2 Å². The lowest BCUT2D eigenvalue weighted by Crippen LogP contribution is -2.46. The van der Waals surface area contributed by atoms with Crippen LogP contribution in [-0.2, 0) is 14.8 Å². The fourth-order valence-corrected chi connectivity index (χ4v) is 5.16. The fourth-order valence-electron chi connectivity index (χ4n) is 3.49. The van der Waals surface area contributed by atoms with Crippen molar-refractivity contribution < 1.29 is 22.7 Å². The van der Waals surface area contributed by atoms with Crippen LogP contribution in [0.2, 0.25) is 0 Å². The highest BCUT2D eigenvalue weighted by atomic mass is 32.2. The molecule has 8 heteroatoms. The van der Waals surface area contributed by atoms with E-state index in [1.807, 2.05) is 0 Å². The lowest BCUT2D eigenvalue weighted by atomic mass is 10.2. The van der Waals surface area contributed by atoms with Crippen molar-refractivity contribution in [2.45, 2.75) is 56.4 Å². The molecule has 27 heavy (non-hydrogen) atoms. The molecule has 0 spiro atoms.